The molecular weight excluding hydrogens is 383 g/mol. The van der Waals surface area contributed by atoms with Gasteiger partial charge in [0.15, 0.2) is 0 Å². The largest absolute Gasteiger partial charge is 0.430 e. The second kappa shape index (κ2) is 6.84. The zero-order valence-corrected chi connectivity index (χ0v) is 13.6. The molecule has 0 atom stereocenters. The van der Waals surface area contributed by atoms with Crippen LogP contribution in [0.2, 0.25) is 0 Å². The van der Waals surface area contributed by atoms with Gasteiger partial charge < -0.3 is 10.0 Å². The predicted octanol–water partition coefficient (Wildman–Crippen LogP) is 4.41. The number of benzene rings is 2. The van der Waals surface area contributed by atoms with Gasteiger partial charge in [0.25, 0.3) is 11.5 Å². The number of nitrogens with zero attached hydrogens (tertiary/aromatic N) is 1. The van der Waals surface area contributed by atoms with E-state index in [1.807, 2.05) is 0 Å². The zero-order valence-electron chi connectivity index (χ0n) is 13.6. The molecule has 146 valence electrons. The minimum absolute atomic E-state index is 0.0280. The molecule has 0 fully saturated rings. The molecule has 0 unspecified atom stereocenters. The highest BCUT2D eigenvalue weighted by molar-refractivity contribution is 6.05. The Balaban J connectivity index is 2.36. The minimum Gasteiger partial charge on any atom is -0.369 e. The molecule has 1 amide bonds. The molecule has 2 rings (SSSR count). The molecule has 0 saturated heterocycles. The van der Waals surface area contributed by atoms with Crippen LogP contribution in [-0.4, -0.2) is 30.4 Å². The second-order valence-electron chi connectivity index (χ2n) is 5.62. The SMILES string of the molecule is CN(C(=O)c1ccc(F)cc1)c1ccc(C(O)(C(F)(F)F)C(F)(F)F)cc1. The van der Waals surface area contributed by atoms with Crippen molar-refractivity contribution in [3.05, 3.63) is 65.5 Å². The number of amides is 1. The van der Waals surface area contributed by atoms with Gasteiger partial charge in [-0.15, -0.1) is 0 Å². The Morgan fingerprint density at radius 3 is 1.70 bits per heavy atom. The summed E-state index contributed by atoms with van der Waals surface area (Å²) in [5.41, 5.74) is -6.45. The van der Waals surface area contributed by atoms with E-state index in [2.05, 4.69) is 0 Å². The maximum atomic E-state index is 12.9. The van der Waals surface area contributed by atoms with Crippen LogP contribution in [0.3, 0.4) is 0 Å². The van der Waals surface area contributed by atoms with E-state index in [-0.39, 0.29) is 11.3 Å². The third kappa shape index (κ3) is 3.75. The first-order valence-electron chi connectivity index (χ1n) is 7.29. The lowest BCUT2D eigenvalue weighted by atomic mass is 9.92. The fourth-order valence-corrected chi connectivity index (χ4v) is 2.32. The van der Waals surface area contributed by atoms with Crippen molar-refractivity contribution in [1.82, 2.24) is 0 Å². The molecular formula is C17H12F7NO2. The summed E-state index contributed by atoms with van der Waals surface area (Å²) in [5, 5.41) is 9.33. The summed E-state index contributed by atoms with van der Waals surface area (Å²) in [6.07, 6.45) is -12.0. The third-order valence-electron chi connectivity index (χ3n) is 3.89. The van der Waals surface area contributed by atoms with Gasteiger partial charge in [-0.05, 0) is 36.4 Å². The summed E-state index contributed by atoms with van der Waals surface area (Å²) in [6.45, 7) is 0. The molecule has 2 aromatic rings. The standard InChI is InChI=1S/C17H12F7NO2/c1-25(14(26)10-2-6-12(18)7-3-10)13-8-4-11(5-9-13)15(27,16(19,20)21)17(22,23)24/h2-9,27H,1H3. The lowest BCUT2D eigenvalue weighted by Gasteiger charge is -2.32. The molecule has 3 nitrogen and oxygen atoms in total. The van der Waals surface area contributed by atoms with E-state index in [9.17, 15) is 40.6 Å². The Morgan fingerprint density at radius 2 is 1.30 bits per heavy atom. The Kier molecular flexibility index (Phi) is 5.24. The van der Waals surface area contributed by atoms with E-state index in [4.69, 9.17) is 0 Å². The third-order valence-corrected chi connectivity index (χ3v) is 3.89. The highest BCUT2D eigenvalue weighted by Gasteiger charge is 2.71. The highest BCUT2D eigenvalue weighted by atomic mass is 19.4. The fourth-order valence-electron chi connectivity index (χ4n) is 2.32. The predicted molar refractivity (Wildman–Crippen MR) is 81.6 cm³/mol. The maximum Gasteiger partial charge on any atom is 0.430 e. The van der Waals surface area contributed by atoms with E-state index in [1.165, 1.54) is 19.2 Å². The van der Waals surface area contributed by atoms with E-state index >= 15 is 0 Å². The summed E-state index contributed by atoms with van der Waals surface area (Å²) in [5.74, 6) is -1.25. The Morgan fingerprint density at radius 1 is 0.852 bits per heavy atom. The summed E-state index contributed by atoms with van der Waals surface area (Å²) in [6, 6.07) is 6.94. The van der Waals surface area contributed by atoms with E-state index < -0.39 is 35.2 Å². The fraction of sp³-hybridized carbons (Fsp3) is 0.235. The van der Waals surface area contributed by atoms with Crippen molar-refractivity contribution in [1.29, 1.82) is 0 Å². The topological polar surface area (TPSA) is 40.5 Å². The quantitative estimate of drug-likeness (QED) is 0.782. The number of hydrogen-bond donors (Lipinski definition) is 1. The van der Waals surface area contributed by atoms with Gasteiger partial charge in [-0.1, -0.05) is 12.1 Å². The van der Waals surface area contributed by atoms with Gasteiger partial charge in [0.05, 0.1) is 0 Å². The maximum absolute atomic E-state index is 12.9. The molecule has 0 heterocycles. The van der Waals surface area contributed by atoms with Gasteiger partial charge in [-0.3, -0.25) is 4.79 Å². The Hall–Kier alpha value is -2.62. The lowest BCUT2D eigenvalue weighted by molar-refractivity contribution is -0.376. The van der Waals surface area contributed by atoms with Crippen LogP contribution in [0.1, 0.15) is 15.9 Å². The molecule has 0 aliphatic carbocycles. The number of anilines is 1. The van der Waals surface area contributed by atoms with Gasteiger partial charge in [-0.25, -0.2) is 4.39 Å². The monoisotopic (exact) mass is 395 g/mol. The van der Waals surface area contributed by atoms with Crippen molar-refractivity contribution >= 4 is 11.6 Å². The number of alkyl halides is 6. The molecule has 0 spiro atoms. The Bertz CT molecular complexity index is 797. The van der Waals surface area contributed by atoms with Crippen molar-refractivity contribution in [2.24, 2.45) is 0 Å². The first kappa shape index (κ1) is 20.7. The number of rotatable bonds is 3. The molecule has 2 aromatic carbocycles. The van der Waals surface area contributed by atoms with Crippen molar-refractivity contribution in [2.75, 3.05) is 11.9 Å². The Labute approximate surface area is 148 Å². The van der Waals surface area contributed by atoms with Gasteiger partial charge in [0.1, 0.15) is 5.82 Å². The van der Waals surface area contributed by atoms with Crippen molar-refractivity contribution in [3.8, 4) is 0 Å². The molecule has 0 aromatic heterocycles. The molecule has 0 radical (unpaired) electrons. The van der Waals surface area contributed by atoms with Crippen LogP contribution in [0.15, 0.2) is 48.5 Å². The van der Waals surface area contributed by atoms with Crippen LogP contribution in [-0.2, 0) is 5.60 Å². The number of carbonyl (C=O) groups is 1. The second-order valence-corrected chi connectivity index (χ2v) is 5.62. The first-order valence-corrected chi connectivity index (χ1v) is 7.29. The average molecular weight is 395 g/mol. The van der Waals surface area contributed by atoms with Crippen molar-refractivity contribution in [3.63, 3.8) is 0 Å². The summed E-state index contributed by atoms with van der Waals surface area (Å²) in [4.78, 5) is 13.2. The summed E-state index contributed by atoms with van der Waals surface area (Å²) >= 11 is 0. The molecule has 0 aliphatic heterocycles. The molecule has 0 aliphatic rings. The number of halogens is 7. The van der Waals surface area contributed by atoms with Gasteiger partial charge in [-0.2, -0.15) is 26.3 Å². The smallest absolute Gasteiger partial charge is 0.369 e. The summed E-state index contributed by atoms with van der Waals surface area (Å²) in [7, 11) is 1.24. The van der Waals surface area contributed by atoms with E-state index in [0.717, 1.165) is 29.2 Å². The van der Waals surface area contributed by atoms with E-state index in [0.29, 0.717) is 12.1 Å². The molecule has 0 saturated carbocycles. The van der Waals surface area contributed by atoms with Crippen LogP contribution in [0, 0.1) is 5.82 Å². The highest BCUT2D eigenvalue weighted by Crippen LogP contribution is 2.50. The molecule has 10 heteroatoms. The van der Waals surface area contributed by atoms with Crippen LogP contribution in [0.4, 0.5) is 36.4 Å². The van der Waals surface area contributed by atoms with Crippen LogP contribution in [0.5, 0.6) is 0 Å². The molecule has 0 bridgehead atoms. The van der Waals surface area contributed by atoms with Crippen molar-refractivity contribution < 1.29 is 40.6 Å². The number of carbonyl (C=O) groups excluding carboxylic acids is 1. The average Bonchev–Trinajstić information content (AvgIpc) is 2.58. The van der Waals surface area contributed by atoms with Gasteiger partial charge in [0.2, 0.25) is 0 Å². The zero-order chi connectivity index (χ0) is 20.6. The number of aliphatic hydroxyl groups is 1. The first-order chi connectivity index (χ1) is 12.3. The van der Waals surface area contributed by atoms with Crippen LogP contribution < -0.4 is 4.90 Å². The minimum atomic E-state index is -6.00. The number of hydrogen-bond acceptors (Lipinski definition) is 2. The normalized spacial score (nSPS) is 12.8. The van der Waals surface area contributed by atoms with Gasteiger partial charge in [0, 0.05) is 23.9 Å². The van der Waals surface area contributed by atoms with Crippen molar-refractivity contribution in [2.45, 2.75) is 18.0 Å². The van der Waals surface area contributed by atoms with E-state index in [1.54, 1.807) is 0 Å². The molecule has 1 N–H and O–H groups in total. The summed E-state index contributed by atoms with van der Waals surface area (Å²) < 4.78 is 90.1. The van der Waals surface area contributed by atoms with Crippen LogP contribution in [0.25, 0.3) is 0 Å². The van der Waals surface area contributed by atoms with Gasteiger partial charge >= 0.3 is 12.4 Å². The molecule has 27 heavy (non-hydrogen) atoms. The van der Waals surface area contributed by atoms with Crippen LogP contribution >= 0.6 is 0 Å². The lowest BCUT2D eigenvalue weighted by Crippen LogP contribution is -2.53.